The number of amides is 1. The molecule has 0 spiro atoms. The second-order valence-corrected chi connectivity index (χ2v) is 4.24. The predicted molar refractivity (Wildman–Crippen MR) is 67.5 cm³/mol. The zero-order valence-corrected chi connectivity index (χ0v) is 10.8. The third-order valence-corrected chi connectivity index (χ3v) is 2.83. The number of aryl methyl sites for hydroxylation is 1. The third kappa shape index (κ3) is 3.09. The lowest BCUT2D eigenvalue weighted by Gasteiger charge is -2.24. The van der Waals surface area contributed by atoms with Crippen molar-refractivity contribution < 1.29 is 14.4 Å². The Kier molecular flexibility index (Phi) is 3.79. The fraction of sp³-hybridized carbons (Fsp3) is 0.308. The van der Waals surface area contributed by atoms with Gasteiger partial charge in [-0.05, 0) is 12.5 Å². The maximum Gasteiger partial charge on any atom is 0.408 e. The standard InChI is InChI=1S/C13H15N3O3/c1-9(12-14-10(2)19-15-12)16(13(17)18)8-11-6-4-3-5-7-11/h3-7,9H,8H2,1-2H3,(H,17,18)/t9-/m1/s1. The minimum atomic E-state index is -1.01. The van der Waals surface area contributed by atoms with E-state index in [-0.39, 0.29) is 6.54 Å². The van der Waals surface area contributed by atoms with Gasteiger partial charge in [0.1, 0.15) is 0 Å². The molecule has 1 N–H and O–H groups in total. The van der Waals surface area contributed by atoms with E-state index in [1.54, 1.807) is 13.8 Å². The van der Waals surface area contributed by atoms with E-state index >= 15 is 0 Å². The topological polar surface area (TPSA) is 79.5 Å². The molecule has 19 heavy (non-hydrogen) atoms. The molecule has 1 aromatic carbocycles. The van der Waals surface area contributed by atoms with Gasteiger partial charge in [-0.1, -0.05) is 35.5 Å². The van der Waals surface area contributed by atoms with Gasteiger partial charge in [-0.15, -0.1) is 0 Å². The fourth-order valence-electron chi connectivity index (χ4n) is 1.77. The molecule has 0 aliphatic rings. The van der Waals surface area contributed by atoms with Crippen LogP contribution in [-0.2, 0) is 6.54 Å². The summed E-state index contributed by atoms with van der Waals surface area (Å²) >= 11 is 0. The van der Waals surface area contributed by atoms with Crippen LogP contribution in [0.3, 0.4) is 0 Å². The molecular formula is C13H15N3O3. The summed E-state index contributed by atoms with van der Waals surface area (Å²) < 4.78 is 4.89. The van der Waals surface area contributed by atoms with Crippen LogP contribution in [0.25, 0.3) is 0 Å². The van der Waals surface area contributed by atoms with E-state index in [0.717, 1.165) is 5.56 Å². The second kappa shape index (κ2) is 5.51. The number of rotatable bonds is 4. The van der Waals surface area contributed by atoms with Crippen LogP contribution in [0.2, 0.25) is 0 Å². The van der Waals surface area contributed by atoms with Gasteiger partial charge in [0.15, 0.2) is 5.82 Å². The molecule has 1 atom stereocenters. The number of benzene rings is 1. The van der Waals surface area contributed by atoms with Gasteiger partial charge in [0, 0.05) is 13.5 Å². The Morgan fingerprint density at radius 2 is 2.11 bits per heavy atom. The monoisotopic (exact) mass is 261 g/mol. The first-order valence-corrected chi connectivity index (χ1v) is 5.91. The van der Waals surface area contributed by atoms with Gasteiger partial charge < -0.3 is 9.63 Å². The second-order valence-electron chi connectivity index (χ2n) is 4.24. The van der Waals surface area contributed by atoms with E-state index in [2.05, 4.69) is 10.1 Å². The molecule has 0 bridgehead atoms. The Bertz CT molecular complexity index is 553. The number of hydrogen-bond acceptors (Lipinski definition) is 4. The lowest BCUT2D eigenvalue weighted by Crippen LogP contribution is -2.32. The molecule has 1 aromatic heterocycles. The average molecular weight is 261 g/mol. The summed E-state index contributed by atoms with van der Waals surface area (Å²) in [7, 11) is 0. The lowest BCUT2D eigenvalue weighted by molar-refractivity contribution is 0.121. The number of hydrogen-bond donors (Lipinski definition) is 1. The van der Waals surface area contributed by atoms with Gasteiger partial charge in [-0.3, -0.25) is 4.90 Å². The molecule has 100 valence electrons. The minimum absolute atomic E-state index is 0.283. The fourth-order valence-corrected chi connectivity index (χ4v) is 1.77. The average Bonchev–Trinajstić information content (AvgIpc) is 2.83. The SMILES string of the molecule is Cc1nc([C@@H](C)N(Cc2ccccc2)C(=O)O)no1. The van der Waals surface area contributed by atoms with Gasteiger partial charge >= 0.3 is 6.09 Å². The van der Waals surface area contributed by atoms with Gasteiger partial charge in [0.25, 0.3) is 0 Å². The van der Waals surface area contributed by atoms with E-state index < -0.39 is 12.1 Å². The Balaban J connectivity index is 2.18. The first kappa shape index (κ1) is 13.1. The number of nitrogens with zero attached hydrogens (tertiary/aromatic N) is 3. The van der Waals surface area contributed by atoms with E-state index in [0.29, 0.717) is 11.7 Å². The maximum absolute atomic E-state index is 11.4. The molecule has 0 saturated heterocycles. The van der Waals surface area contributed by atoms with Crippen molar-refractivity contribution >= 4 is 6.09 Å². The van der Waals surface area contributed by atoms with E-state index in [1.165, 1.54) is 4.90 Å². The van der Waals surface area contributed by atoms with Crippen LogP contribution in [-0.4, -0.2) is 26.2 Å². The number of carboxylic acid groups (broad SMARTS) is 1. The molecule has 0 fully saturated rings. The molecule has 2 aromatic rings. The highest BCUT2D eigenvalue weighted by molar-refractivity contribution is 5.65. The smallest absolute Gasteiger partial charge is 0.408 e. The van der Waals surface area contributed by atoms with Crippen LogP contribution in [0.5, 0.6) is 0 Å². The first-order chi connectivity index (χ1) is 9.08. The molecule has 6 nitrogen and oxygen atoms in total. The summed E-state index contributed by atoms with van der Waals surface area (Å²) in [5.41, 5.74) is 0.914. The molecule has 0 saturated carbocycles. The van der Waals surface area contributed by atoms with Gasteiger partial charge in [0.05, 0.1) is 6.04 Å². The Labute approximate surface area is 110 Å². The highest BCUT2D eigenvalue weighted by Crippen LogP contribution is 2.20. The van der Waals surface area contributed by atoms with Crippen molar-refractivity contribution in [1.82, 2.24) is 15.0 Å². The van der Waals surface area contributed by atoms with Crippen LogP contribution >= 0.6 is 0 Å². The van der Waals surface area contributed by atoms with Crippen molar-refractivity contribution in [3.63, 3.8) is 0 Å². The van der Waals surface area contributed by atoms with E-state index in [1.807, 2.05) is 30.3 Å². The zero-order chi connectivity index (χ0) is 13.8. The summed E-state index contributed by atoms with van der Waals surface area (Å²) in [4.78, 5) is 16.7. The molecule has 0 aliphatic carbocycles. The lowest BCUT2D eigenvalue weighted by atomic mass is 10.2. The van der Waals surface area contributed by atoms with E-state index in [4.69, 9.17) is 4.52 Å². The van der Waals surface area contributed by atoms with Gasteiger partial charge in [-0.25, -0.2) is 4.79 Å². The third-order valence-electron chi connectivity index (χ3n) is 2.83. The van der Waals surface area contributed by atoms with Crippen molar-refractivity contribution in [1.29, 1.82) is 0 Å². The van der Waals surface area contributed by atoms with E-state index in [9.17, 15) is 9.90 Å². The molecule has 0 radical (unpaired) electrons. The van der Waals surface area contributed by atoms with Crippen LogP contribution < -0.4 is 0 Å². The highest BCUT2D eigenvalue weighted by atomic mass is 16.5. The van der Waals surface area contributed by atoms with Crippen molar-refractivity contribution in [2.45, 2.75) is 26.4 Å². The minimum Gasteiger partial charge on any atom is -0.465 e. The largest absolute Gasteiger partial charge is 0.465 e. The Hall–Kier alpha value is -2.37. The van der Waals surface area contributed by atoms with Crippen molar-refractivity contribution in [3.05, 3.63) is 47.6 Å². The van der Waals surface area contributed by atoms with Crippen LogP contribution in [0.4, 0.5) is 4.79 Å². The highest BCUT2D eigenvalue weighted by Gasteiger charge is 2.24. The summed E-state index contributed by atoms with van der Waals surface area (Å²) in [6.45, 7) is 3.69. The summed E-state index contributed by atoms with van der Waals surface area (Å²) in [6.07, 6.45) is -1.01. The predicted octanol–water partition coefficient (Wildman–Crippen LogP) is 2.62. The normalized spacial score (nSPS) is 12.1. The van der Waals surface area contributed by atoms with Crippen molar-refractivity contribution in [2.75, 3.05) is 0 Å². The van der Waals surface area contributed by atoms with Crippen molar-refractivity contribution in [3.8, 4) is 0 Å². The van der Waals surface area contributed by atoms with Crippen LogP contribution in [0.1, 0.15) is 30.2 Å². The molecule has 2 rings (SSSR count). The summed E-state index contributed by atoms with van der Waals surface area (Å²) in [6, 6.07) is 8.93. The number of carbonyl (C=O) groups is 1. The van der Waals surface area contributed by atoms with Crippen molar-refractivity contribution in [2.24, 2.45) is 0 Å². The van der Waals surface area contributed by atoms with Gasteiger partial charge in [0.2, 0.25) is 5.89 Å². The zero-order valence-electron chi connectivity index (χ0n) is 10.8. The molecule has 1 heterocycles. The van der Waals surface area contributed by atoms with Gasteiger partial charge in [-0.2, -0.15) is 4.98 Å². The van der Waals surface area contributed by atoms with Crippen LogP contribution in [0.15, 0.2) is 34.9 Å². The quantitative estimate of drug-likeness (QED) is 0.915. The van der Waals surface area contributed by atoms with Crippen LogP contribution in [0, 0.1) is 6.92 Å². The summed E-state index contributed by atoms with van der Waals surface area (Å²) in [5.74, 6) is 0.794. The molecule has 6 heteroatoms. The Morgan fingerprint density at radius 3 is 2.63 bits per heavy atom. The Morgan fingerprint density at radius 1 is 1.42 bits per heavy atom. The molecule has 0 unspecified atom stereocenters. The molecule has 0 aliphatic heterocycles. The first-order valence-electron chi connectivity index (χ1n) is 5.91. The number of aromatic nitrogens is 2. The molecular weight excluding hydrogens is 246 g/mol. The maximum atomic E-state index is 11.4. The summed E-state index contributed by atoms with van der Waals surface area (Å²) in [5, 5.41) is 13.1. The molecule has 1 amide bonds.